The van der Waals surface area contributed by atoms with Crippen molar-refractivity contribution in [1.29, 1.82) is 0 Å². The van der Waals surface area contributed by atoms with Crippen LogP contribution in [-0.4, -0.2) is 25.7 Å². The van der Waals surface area contributed by atoms with E-state index in [0.29, 0.717) is 18.9 Å². The van der Waals surface area contributed by atoms with E-state index >= 15 is 0 Å². The molecule has 11 heteroatoms. The van der Waals surface area contributed by atoms with E-state index in [-0.39, 0.29) is 23.4 Å². The molecule has 0 heterocycles. The van der Waals surface area contributed by atoms with Crippen LogP contribution in [0.3, 0.4) is 0 Å². The lowest BCUT2D eigenvalue weighted by Crippen LogP contribution is -2.43. The van der Waals surface area contributed by atoms with E-state index in [4.69, 9.17) is 16.3 Å². The molecule has 0 bridgehead atoms. The fraction of sp³-hybridized carbons (Fsp3) is 0.350. The van der Waals surface area contributed by atoms with Gasteiger partial charge in [-0.3, -0.25) is 4.72 Å². The van der Waals surface area contributed by atoms with E-state index < -0.39 is 50.6 Å². The predicted molar refractivity (Wildman–Crippen MR) is 107 cm³/mol. The average Bonchev–Trinajstić information content (AvgIpc) is 2.69. The second-order valence-electron chi connectivity index (χ2n) is 7.11. The summed E-state index contributed by atoms with van der Waals surface area (Å²) in [6.45, 7) is 0. The summed E-state index contributed by atoms with van der Waals surface area (Å²) in [5, 5.41) is -1.44. The fourth-order valence-electron chi connectivity index (χ4n) is 3.41. The Balaban J connectivity index is 1.83. The van der Waals surface area contributed by atoms with Crippen LogP contribution >= 0.6 is 11.6 Å². The van der Waals surface area contributed by atoms with E-state index in [1.807, 2.05) is 4.72 Å². The molecule has 0 saturated heterocycles. The van der Waals surface area contributed by atoms with Gasteiger partial charge in [0.15, 0.2) is 0 Å². The molecule has 0 spiro atoms. The zero-order chi connectivity index (χ0) is 22.8. The number of benzene rings is 2. The van der Waals surface area contributed by atoms with E-state index in [9.17, 15) is 30.8 Å². The summed E-state index contributed by atoms with van der Waals surface area (Å²) < 4.78 is 86.2. The highest BCUT2D eigenvalue weighted by Crippen LogP contribution is 2.38. The molecular formula is C20H18ClF4NO4S. The Morgan fingerprint density at radius 1 is 1.06 bits per heavy atom. The molecular weight excluding hydrogens is 462 g/mol. The van der Waals surface area contributed by atoms with Gasteiger partial charge in [0.2, 0.25) is 10.0 Å². The largest absolute Gasteiger partial charge is 0.457 e. The van der Waals surface area contributed by atoms with Crippen molar-refractivity contribution in [3.8, 4) is 0 Å². The molecule has 0 radical (unpaired) electrons. The van der Waals surface area contributed by atoms with Gasteiger partial charge in [-0.25, -0.2) is 17.6 Å². The van der Waals surface area contributed by atoms with Gasteiger partial charge in [0, 0.05) is 5.02 Å². The number of esters is 1. The van der Waals surface area contributed by atoms with Crippen LogP contribution in [0, 0.1) is 5.82 Å². The van der Waals surface area contributed by atoms with Crippen LogP contribution in [0.25, 0.3) is 0 Å². The van der Waals surface area contributed by atoms with E-state index in [1.54, 1.807) is 0 Å². The lowest BCUT2D eigenvalue weighted by atomic mass is 9.97. The van der Waals surface area contributed by atoms with Crippen LogP contribution in [-0.2, 0) is 20.9 Å². The fourth-order valence-corrected chi connectivity index (χ4v) is 5.29. The minimum Gasteiger partial charge on any atom is -0.457 e. The van der Waals surface area contributed by atoms with Crippen LogP contribution in [0.15, 0.2) is 42.5 Å². The lowest BCUT2D eigenvalue weighted by molar-refractivity contribution is -0.136. The standard InChI is InChI=1S/C20H18ClF4NO4S/c21-13-7-10-16(15(11-13)20(23,24)25)26-31(28,29)18-4-2-1-3-17(18)30-19(27)12-5-8-14(22)9-6-12/h5-11,17-18,26H,1-4H2/t17-,18-/m0/s1. The van der Waals surface area contributed by atoms with Gasteiger partial charge in [-0.15, -0.1) is 0 Å². The van der Waals surface area contributed by atoms with Gasteiger partial charge in [-0.1, -0.05) is 18.0 Å². The Bertz CT molecular complexity index is 1060. The first-order chi connectivity index (χ1) is 14.5. The van der Waals surface area contributed by atoms with Crippen LogP contribution < -0.4 is 4.72 Å². The van der Waals surface area contributed by atoms with Gasteiger partial charge in [0.05, 0.1) is 16.8 Å². The molecule has 1 N–H and O–H groups in total. The number of carbonyl (C=O) groups is 1. The SMILES string of the molecule is O=C(O[C@H]1CCCC[C@@H]1S(=O)(=O)Nc1ccc(Cl)cc1C(F)(F)F)c1ccc(F)cc1. The summed E-state index contributed by atoms with van der Waals surface area (Å²) in [7, 11) is -4.35. The number of nitrogens with one attached hydrogen (secondary N) is 1. The van der Waals surface area contributed by atoms with Gasteiger partial charge in [-0.05, 0) is 61.7 Å². The molecule has 168 valence electrons. The summed E-state index contributed by atoms with van der Waals surface area (Å²) in [5.74, 6) is -1.39. The first kappa shape index (κ1) is 23.3. The monoisotopic (exact) mass is 479 g/mol. The van der Waals surface area contributed by atoms with Crippen molar-refractivity contribution in [3.63, 3.8) is 0 Å². The molecule has 2 aromatic carbocycles. The molecule has 1 saturated carbocycles. The molecule has 1 aliphatic carbocycles. The van der Waals surface area contributed by atoms with Crippen LogP contribution in [0.2, 0.25) is 5.02 Å². The molecule has 5 nitrogen and oxygen atoms in total. The molecule has 1 aliphatic rings. The van der Waals surface area contributed by atoms with Crippen molar-refractivity contribution in [2.24, 2.45) is 0 Å². The number of halogens is 5. The third-order valence-electron chi connectivity index (χ3n) is 4.92. The zero-order valence-corrected chi connectivity index (χ0v) is 17.5. The number of sulfonamides is 1. The predicted octanol–water partition coefficient (Wildman–Crippen LogP) is 5.41. The quantitative estimate of drug-likeness (QED) is 0.460. The second-order valence-corrected chi connectivity index (χ2v) is 9.44. The van der Waals surface area contributed by atoms with E-state index in [2.05, 4.69) is 0 Å². The maximum atomic E-state index is 13.3. The number of hydrogen-bond donors (Lipinski definition) is 1. The molecule has 0 aliphatic heterocycles. The number of rotatable bonds is 5. The molecule has 3 rings (SSSR count). The highest BCUT2D eigenvalue weighted by Gasteiger charge is 2.40. The summed E-state index contributed by atoms with van der Waals surface area (Å²) in [6, 6.07) is 7.23. The van der Waals surface area contributed by atoms with Crippen molar-refractivity contribution in [1.82, 2.24) is 0 Å². The summed E-state index contributed by atoms with van der Waals surface area (Å²) in [6.07, 6.45) is -4.48. The second kappa shape index (κ2) is 9.04. The van der Waals surface area contributed by atoms with Gasteiger partial charge in [-0.2, -0.15) is 13.2 Å². The molecule has 0 unspecified atom stereocenters. The average molecular weight is 480 g/mol. The number of hydrogen-bond acceptors (Lipinski definition) is 4. The topological polar surface area (TPSA) is 72.5 Å². The van der Waals surface area contributed by atoms with Gasteiger partial charge in [0.1, 0.15) is 17.2 Å². The number of anilines is 1. The summed E-state index contributed by atoms with van der Waals surface area (Å²) in [4.78, 5) is 12.4. The van der Waals surface area contributed by atoms with Crippen molar-refractivity contribution < 1.29 is 35.5 Å². The minimum absolute atomic E-state index is 0.0353. The van der Waals surface area contributed by atoms with Gasteiger partial charge >= 0.3 is 12.1 Å². The van der Waals surface area contributed by atoms with E-state index in [1.165, 1.54) is 12.1 Å². The summed E-state index contributed by atoms with van der Waals surface area (Å²) >= 11 is 5.63. The first-order valence-electron chi connectivity index (χ1n) is 9.32. The highest BCUT2D eigenvalue weighted by atomic mass is 35.5. The maximum Gasteiger partial charge on any atom is 0.418 e. The van der Waals surface area contributed by atoms with Gasteiger partial charge < -0.3 is 4.74 Å². The molecule has 0 aromatic heterocycles. The Hall–Kier alpha value is -2.33. The van der Waals surface area contributed by atoms with Crippen LogP contribution in [0.5, 0.6) is 0 Å². The number of carbonyl (C=O) groups excluding carboxylic acids is 1. The number of ether oxygens (including phenoxy) is 1. The van der Waals surface area contributed by atoms with Crippen molar-refractivity contribution in [2.75, 3.05) is 4.72 Å². The van der Waals surface area contributed by atoms with Crippen LogP contribution in [0.4, 0.5) is 23.2 Å². The van der Waals surface area contributed by atoms with E-state index in [0.717, 1.165) is 24.3 Å². The van der Waals surface area contributed by atoms with Gasteiger partial charge in [0.25, 0.3) is 0 Å². The number of alkyl halides is 3. The van der Waals surface area contributed by atoms with Crippen molar-refractivity contribution in [3.05, 3.63) is 64.4 Å². The Morgan fingerprint density at radius 2 is 1.71 bits per heavy atom. The first-order valence-corrected chi connectivity index (χ1v) is 11.2. The Kier molecular flexibility index (Phi) is 6.80. The molecule has 2 atom stereocenters. The zero-order valence-electron chi connectivity index (χ0n) is 16.0. The normalized spacial score (nSPS) is 19.6. The van der Waals surface area contributed by atoms with Crippen molar-refractivity contribution in [2.45, 2.75) is 43.2 Å². The smallest absolute Gasteiger partial charge is 0.418 e. The lowest BCUT2D eigenvalue weighted by Gasteiger charge is -2.31. The van der Waals surface area contributed by atoms with Crippen LogP contribution in [0.1, 0.15) is 41.6 Å². The van der Waals surface area contributed by atoms with Crippen molar-refractivity contribution >= 4 is 33.3 Å². The molecule has 31 heavy (non-hydrogen) atoms. The summed E-state index contributed by atoms with van der Waals surface area (Å²) in [5.41, 5.74) is -1.85. The molecule has 0 amide bonds. The minimum atomic E-state index is -4.83. The Morgan fingerprint density at radius 3 is 2.35 bits per heavy atom. The third-order valence-corrected chi connectivity index (χ3v) is 6.99. The molecule has 2 aromatic rings. The molecule has 1 fully saturated rings. The third kappa shape index (κ3) is 5.68. The Labute approximate surface area is 181 Å². The highest BCUT2D eigenvalue weighted by molar-refractivity contribution is 7.93. The maximum absolute atomic E-state index is 13.3.